The van der Waals surface area contributed by atoms with Crippen molar-refractivity contribution in [2.75, 3.05) is 0 Å². The largest absolute Gasteiger partial charge is 0.295 e. The van der Waals surface area contributed by atoms with Crippen molar-refractivity contribution in [1.29, 1.82) is 0 Å². The van der Waals surface area contributed by atoms with Crippen molar-refractivity contribution < 1.29 is 0 Å². The molecule has 4 aromatic rings. The fraction of sp³-hybridized carbons (Fsp3) is 0.0556. The molecule has 0 amide bonds. The number of aliphatic imine (C=N–C) groups is 1. The number of halogens is 2. The van der Waals surface area contributed by atoms with E-state index in [-0.39, 0.29) is 5.56 Å². The normalized spacial score (nSPS) is 11.7. The molecule has 5 nitrogen and oxygen atoms in total. The van der Waals surface area contributed by atoms with Crippen LogP contribution in [0.25, 0.3) is 15.9 Å². The zero-order valence-electron chi connectivity index (χ0n) is 13.5. The highest BCUT2D eigenvalue weighted by atomic mass is 35.5. The summed E-state index contributed by atoms with van der Waals surface area (Å²) in [6, 6.07) is 12.6. The first kappa shape index (κ1) is 17.0. The molecule has 0 aliphatic heterocycles. The van der Waals surface area contributed by atoms with Gasteiger partial charge in [0.25, 0.3) is 5.56 Å². The van der Waals surface area contributed by atoms with Gasteiger partial charge in [0.15, 0.2) is 0 Å². The van der Waals surface area contributed by atoms with Crippen LogP contribution in [0.5, 0.6) is 0 Å². The molecule has 8 heteroatoms. The molecule has 1 N–H and O–H groups in total. The molecule has 0 aliphatic carbocycles. The highest BCUT2D eigenvalue weighted by Crippen LogP contribution is 2.29. The number of hydrogen-bond acceptors (Lipinski definition) is 4. The fourth-order valence-corrected chi connectivity index (χ4v) is 3.84. The third-order valence-corrected chi connectivity index (χ3v) is 5.22. The predicted molar refractivity (Wildman–Crippen MR) is 108 cm³/mol. The van der Waals surface area contributed by atoms with Crippen LogP contribution in [-0.4, -0.2) is 21.0 Å². The van der Waals surface area contributed by atoms with Crippen LogP contribution in [0.3, 0.4) is 0 Å². The Labute approximate surface area is 162 Å². The number of rotatable bonds is 3. The molecule has 0 saturated heterocycles. The molecule has 4 rings (SSSR count). The minimum atomic E-state index is -0.197. The Morgan fingerprint density at radius 1 is 1.19 bits per heavy atom. The van der Waals surface area contributed by atoms with Crippen LogP contribution in [0.1, 0.15) is 11.3 Å². The summed E-state index contributed by atoms with van der Waals surface area (Å²) in [4.78, 5) is 21.5. The summed E-state index contributed by atoms with van der Waals surface area (Å²) >= 11 is 13.4. The Morgan fingerprint density at radius 2 is 2.00 bits per heavy atom. The fourth-order valence-electron chi connectivity index (χ4n) is 2.57. The number of H-pyrrole nitrogens is 1. The first-order valence-electron chi connectivity index (χ1n) is 7.69. The van der Waals surface area contributed by atoms with E-state index in [9.17, 15) is 4.79 Å². The molecule has 0 aliphatic rings. The lowest BCUT2D eigenvalue weighted by Crippen LogP contribution is -2.17. The summed E-state index contributed by atoms with van der Waals surface area (Å²) in [5, 5.41) is 4.83. The summed E-state index contributed by atoms with van der Waals surface area (Å²) in [5.74, 6) is 0. The SMILES string of the molecule is Cc1[nH]n(-c2cccc(Cl)c2)c(=O)c1C=Nc1nc2ccc(Cl)cc2s1. The maximum atomic E-state index is 12.7. The third-order valence-electron chi connectivity index (χ3n) is 3.83. The molecule has 2 heterocycles. The quantitative estimate of drug-likeness (QED) is 0.482. The molecule has 0 saturated carbocycles. The van der Waals surface area contributed by atoms with E-state index in [1.54, 1.807) is 30.3 Å². The van der Waals surface area contributed by atoms with Gasteiger partial charge in [0.05, 0.1) is 21.5 Å². The molecule has 0 spiro atoms. The summed E-state index contributed by atoms with van der Waals surface area (Å²) in [7, 11) is 0. The van der Waals surface area contributed by atoms with Crippen LogP contribution in [0.2, 0.25) is 10.0 Å². The smallest absolute Gasteiger partial charge is 0.280 e. The standard InChI is InChI=1S/C18H12Cl2N4OS/c1-10-14(17(25)24(23-10)13-4-2-3-11(19)7-13)9-21-18-22-15-6-5-12(20)8-16(15)26-18/h2-9,23H,1H3. The number of benzene rings is 2. The first-order chi connectivity index (χ1) is 12.5. The third kappa shape index (κ3) is 3.19. The van der Waals surface area contributed by atoms with Crippen molar-refractivity contribution in [3.8, 4) is 5.69 Å². The second-order valence-corrected chi connectivity index (χ2v) is 7.52. The Morgan fingerprint density at radius 3 is 2.81 bits per heavy atom. The number of fused-ring (bicyclic) bond motifs is 1. The topological polar surface area (TPSA) is 63.0 Å². The van der Waals surface area contributed by atoms with Crippen molar-refractivity contribution in [1.82, 2.24) is 14.8 Å². The summed E-state index contributed by atoms with van der Waals surface area (Å²) in [6.07, 6.45) is 1.54. The van der Waals surface area contributed by atoms with Crippen molar-refractivity contribution in [2.24, 2.45) is 4.99 Å². The number of aryl methyl sites for hydroxylation is 1. The molecule has 130 valence electrons. The number of aromatic amines is 1. The van der Waals surface area contributed by atoms with Gasteiger partial charge in [-0.15, -0.1) is 0 Å². The lowest BCUT2D eigenvalue weighted by Gasteiger charge is -2.01. The number of hydrogen-bond donors (Lipinski definition) is 1. The number of aromatic nitrogens is 3. The molecular weight excluding hydrogens is 391 g/mol. The van der Waals surface area contributed by atoms with Crippen LogP contribution in [-0.2, 0) is 0 Å². The minimum Gasteiger partial charge on any atom is -0.295 e. The van der Waals surface area contributed by atoms with Crippen LogP contribution >= 0.6 is 34.5 Å². The molecule has 0 atom stereocenters. The number of thiazole rings is 1. The second-order valence-electron chi connectivity index (χ2n) is 5.64. The minimum absolute atomic E-state index is 0.197. The molecule has 2 aromatic heterocycles. The molecule has 0 bridgehead atoms. The van der Waals surface area contributed by atoms with Gasteiger partial charge < -0.3 is 0 Å². The van der Waals surface area contributed by atoms with E-state index in [1.165, 1.54) is 22.2 Å². The van der Waals surface area contributed by atoms with Crippen molar-refractivity contribution in [3.63, 3.8) is 0 Å². The van der Waals surface area contributed by atoms with Gasteiger partial charge in [0.1, 0.15) is 0 Å². The van der Waals surface area contributed by atoms with Crippen LogP contribution in [0.4, 0.5) is 5.13 Å². The van der Waals surface area contributed by atoms with Crippen molar-refractivity contribution >= 4 is 56.1 Å². The van der Waals surface area contributed by atoms with Gasteiger partial charge in [0.2, 0.25) is 5.13 Å². The van der Waals surface area contributed by atoms with Gasteiger partial charge in [0, 0.05) is 22.0 Å². The van der Waals surface area contributed by atoms with E-state index in [0.29, 0.717) is 32.1 Å². The van der Waals surface area contributed by atoms with Gasteiger partial charge in [-0.2, -0.15) is 0 Å². The Hall–Kier alpha value is -2.41. The van der Waals surface area contributed by atoms with E-state index in [4.69, 9.17) is 23.2 Å². The first-order valence-corrected chi connectivity index (χ1v) is 9.26. The predicted octanol–water partition coefficient (Wildman–Crippen LogP) is 5.14. The number of nitrogens with zero attached hydrogens (tertiary/aromatic N) is 3. The lowest BCUT2D eigenvalue weighted by atomic mass is 10.3. The molecule has 0 unspecified atom stereocenters. The zero-order valence-corrected chi connectivity index (χ0v) is 15.9. The van der Waals surface area contributed by atoms with Crippen LogP contribution in [0, 0.1) is 6.92 Å². The Kier molecular flexibility index (Phi) is 4.40. The second kappa shape index (κ2) is 6.72. The summed E-state index contributed by atoms with van der Waals surface area (Å²) in [5.41, 5.74) is 2.48. The molecular formula is C18H12Cl2N4OS. The van der Waals surface area contributed by atoms with Crippen molar-refractivity contribution in [3.05, 3.63) is 74.1 Å². The van der Waals surface area contributed by atoms with Crippen LogP contribution < -0.4 is 5.56 Å². The van der Waals surface area contributed by atoms with Gasteiger partial charge in [-0.3, -0.25) is 9.89 Å². The maximum Gasteiger partial charge on any atom is 0.280 e. The number of nitrogens with one attached hydrogen (secondary N) is 1. The van der Waals surface area contributed by atoms with Crippen LogP contribution in [0.15, 0.2) is 52.3 Å². The average Bonchev–Trinajstić information content (AvgIpc) is 3.13. The lowest BCUT2D eigenvalue weighted by molar-refractivity contribution is 0.835. The Bertz CT molecular complexity index is 1210. The van der Waals surface area contributed by atoms with E-state index < -0.39 is 0 Å². The van der Waals surface area contributed by atoms with Gasteiger partial charge in [-0.1, -0.05) is 40.6 Å². The van der Waals surface area contributed by atoms with Gasteiger partial charge in [-0.05, 0) is 43.3 Å². The zero-order chi connectivity index (χ0) is 18.3. The molecule has 0 radical (unpaired) electrons. The van der Waals surface area contributed by atoms with Gasteiger partial charge >= 0.3 is 0 Å². The van der Waals surface area contributed by atoms with Crippen molar-refractivity contribution in [2.45, 2.75) is 6.92 Å². The van der Waals surface area contributed by atoms with E-state index in [0.717, 1.165) is 10.2 Å². The summed E-state index contributed by atoms with van der Waals surface area (Å²) in [6.45, 7) is 1.82. The Balaban J connectivity index is 1.71. The summed E-state index contributed by atoms with van der Waals surface area (Å²) < 4.78 is 2.40. The molecule has 0 fully saturated rings. The highest BCUT2D eigenvalue weighted by Gasteiger charge is 2.11. The van der Waals surface area contributed by atoms with E-state index in [1.807, 2.05) is 19.1 Å². The highest BCUT2D eigenvalue weighted by molar-refractivity contribution is 7.22. The average molecular weight is 403 g/mol. The molecule has 2 aromatic carbocycles. The maximum absolute atomic E-state index is 12.7. The van der Waals surface area contributed by atoms with E-state index >= 15 is 0 Å². The van der Waals surface area contributed by atoms with Gasteiger partial charge in [-0.25, -0.2) is 14.7 Å². The molecule has 26 heavy (non-hydrogen) atoms. The van der Waals surface area contributed by atoms with E-state index in [2.05, 4.69) is 15.1 Å². The monoisotopic (exact) mass is 402 g/mol.